The lowest BCUT2D eigenvalue weighted by Gasteiger charge is -2.17. The molecule has 1 atom stereocenters. The zero-order valence-electron chi connectivity index (χ0n) is 15.1. The minimum Gasteiger partial charge on any atom is -0.325 e. The standard InChI is InChI=1S/C20H20FN3O3/c1-3-13(2)24-19(26)16-6-4-5-7-17(16)23(20(24)27)12-18(25)22-15-10-8-14(21)9-11-15/h4-11,13H,3,12H2,1-2H3,(H,22,25)/t13-/m0/s1. The van der Waals surface area contributed by atoms with Crippen molar-refractivity contribution in [3.05, 3.63) is 75.2 Å². The first-order valence-electron chi connectivity index (χ1n) is 8.72. The highest BCUT2D eigenvalue weighted by Crippen LogP contribution is 2.12. The molecule has 0 radical (unpaired) electrons. The summed E-state index contributed by atoms with van der Waals surface area (Å²) in [6.07, 6.45) is 0.606. The SMILES string of the molecule is CC[C@H](C)n1c(=O)c2ccccc2n(CC(=O)Nc2ccc(F)cc2)c1=O. The lowest BCUT2D eigenvalue weighted by atomic mass is 10.2. The molecule has 0 aliphatic rings. The van der Waals surface area contributed by atoms with Crippen LogP contribution in [0.1, 0.15) is 26.3 Å². The van der Waals surface area contributed by atoms with Gasteiger partial charge in [0.05, 0.1) is 10.9 Å². The van der Waals surface area contributed by atoms with Gasteiger partial charge in [-0.25, -0.2) is 9.18 Å². The molecule has 0 fully saturated rings. The topological polar surface area (TPSA) is 73.1 Å². The number of carbonyl (C=O) groups excluding carboxylic acids is 1. The van der Waals surface area contributed by atoms with Gasteiger partial charge >= 0.3 is 5.69 Å². The number of carbonyl (C=O) groups is 1. The predicted octanol–water partition coefficient (Wildman–Crippen LogP) is 2.91. The second kappa shape index (κ2) is 7.57. The Morgan fingerprint density at radius 2 is 1.78 bits per heavy atom. The maximum Gasteiger partial charge on any atom is 0.332 e. The van der Waals surface area contributed by atoms with Crippen molar-refractivity contribution >= 4 is 22.5 Å². The molecule has 0 saturated heterocycles. The van der Waals surface area contributed by atoms with Gasteiger partial charge in [0.25, 0.3) is 5.56 Å². The number of rotatable bonds is 5. The molecule has 0 aliphatic carbocycles. The van der Waals surface area contributed by atoms with Crippen molar-refractivity contribution in [3.8, 4) is 0 Å². The van der Waals surface area contributed by atoms with Gasteiger partial charge < -0.3 is 5.32 Å². The Kier molecular flexibility index (Phi) is 5.21. The normalized spacial score (nSPS) is 12.1. The number of halogens is 1. The second-order valence-corrected chi connectivity index (χ2v) is 6.37. The van der Waals surface area contributed by atoms with Gasteiger partial charge in [0.15, 0.2) is 0 Å². The number of nitrogens with one attached hydrogen (secondary N) is 1. The van der Waals surface area contributed by atoms with Crippen molar-refractivity contribution < 1.29 is 9.18 Å². The van der Waals surface area contributed by atoms with E-state index < -0.39 is 17.4 Å². The zero-order valence-corrected chi connectivity index (χ0v) is 15.1. The maximum absolute atomic E-state index is 13.0. The smallest absolute Gasteiger partial charge is 0.325 e. The number of aromatic nitrogens is 2. The molecule has 1 N–H and O–H groups in total. The van der Waals surface area contributed by atoms with Crippen LogP contribution < -0.4 is 16.6 Å². The molecular formula is C20H20FN3O3. The van der Waals surface area contributed by atoms with Crippen LogP contribution in [-0.2, 0) is 11.3 Å². The van der Waals surface area contributed by atoms with Gasteiger partial charge in [-0.2, -0.15) is 0 Å². The average Bonchev–Trinajstić information content (AvgIpc) is 2.67. The largest absolute Gasteiger partial charge is 0.332 e. The molecule has 7 heteroatoms. The van der Waals surface area contributed by atoms with Gasteiger partial charge in [-0.05, 0) is 49.7 Å². The van der Waals surface area contributed by atoms with Crippen molar-refractivity contribution in [2.24, 2.45) is 0 Å². The van der Waals surface area contributed by atoms with Gasteiger partial charge in [-0.3, -0.25) is 18.7 Å². The molecule has 0 aliphatic heterocycles. The van der Waals surface area contributed by atoms with Gasteiger partial charge in [0, 0.05) is 11.7 Å². The minimum absolute atomic E-state index is 0.257. The van der Waals surface area contributed by atoms with Crippen molar-refractivity contribution in [1.82, 2.24) is 9.13 Å². The highest BCUT2D eigenvalue weighted by atomic mass is 19.1. The first-order chi connectivity index (χ1) is 12.9. The summed E-state index contributed by atoms with van der Waals surface area (Å²) in [6.45, 7) is 3.42. The van der Waals surface area contributed by atoms with Crippen LogP contribution in [0.15, 0.2) is 58.1 Å². The summed E-state index contributed by atoms with van der Waals surface area (Å²) in [5.41, 5.74) is -0.0576. The van der Waals surface area contributed by atoms with E-state index in [9.17, 15) is 18.8 Å². The van der Waals surface area contributed by atoms with Crippen molar-refractivity contribution in [2.75, 3.05) is 5.32 Å². The number of hydrogen-bond acceptors (Lipinski definition) is 3. The first-order valence-corrected chi connectivity index (χ1v) is 8.72. The summed E-state index contributed by atoms with van der Waals surface area (Å²) < 4.78 is 15.5. The quantitative estimate of drug-likeness (QED) is 0.752. The third kappa shape index (κ3) is 3.67. The summed E-state index contributed by atoms with van der Waals surface area (Å²) >= 11 is 0. The molecule has 0 saturated carbocycles. The van der Waals surface area contributed by atoms with Crippen LogP contribution in [0.2, 0.25) is 0 Å². The van der Waals surface area contributed by atoms with Gasteiger partial charge in [-0.1, -0.05) is 19.1 Å². The van der Waals surface area contributed by atoms with Crippen LogP contribution in [0, 0.1) is 5.82 Å². The maximum atomic E-state index is 13.0. The highest BCUT2D eigenvalue weighted by Gasteiger charge is 2.18. The lowest BCUT2D eigenvalue weighted by molar-refractivity contribution is -0.116. The number of anilines is 1. The fraction of sp³-hybridized carbons (Fsp3) is 0.250. The van der Waals surface area contributed by atoms with Crippen LogP contribution in [0.25, 0.3) is 10.9 Å². The third-order valence-corrected chi connectivity index (χ3v) is 4.54. The number of hydrogen-bond donors (Lipinski definition) is 1. The Hall–Kier alpha value is -3.22. The van der Waals surface area contributed by atoms with Crippen molar-refractivity contribution in [3.63, 3.8) is 0 Å². The zero-order chi connectivity index (χ0) is 19.6. The highest BCUT2D eigenvalue weighted by molar-refractivity contribution is 5.91. The number of benzene rings is 2. The first kappa shape index (κ1) is 18.6. The third-order valence-electron chi connectivity index (χ3n) is 4.54. The monoisotopic (exact) mass is 369 g/mol. The molecule has 3 aromatic rings. The molecule has 6 nitrogen and oxygen atoms in total. The molecule has 27 heavy (non-hydrogen) atoms. The van der Waals surface area contributed by atoms with E-state index in [0.717, 1.165) is 0 Å². The van der Waals surface area contributed by atoms with E-state index in [-0.39, 0.29) is 18.1 Å². The van der Waals surface area contributed by atoms with Crippen LogP contribution in [-0.4, -0.2) is 15.0 Å². The number of fused-ring (bicyclic) bond motifs is 1. The average molecular weight is 369 g/mol. The van der Waals surface area contributed by atoms with E-state index in [4.69, 9.17) is 0 Å². The molecule has 0 bridgehead atoms. The Morgan fingerprint density at radius 1 is 1.11 bits per heavy atom. The van der Waals surface area contributed by atoms with Crippen molar-refractivity contribution in [1.29, 1.82) is 0 Å². The van der Waals surface area contributed by atoms with Crippen LogP contribution in [0.3, 0.4) is 0 Å². The van der Waals surface area contributed by atoms with Gasteiger partial charge in [0.1, 0.15) is 12.4 Å². The van der Waals surface area contributed by atoms with E-state index in [0.29, 0.717) is 23.0 Å². The van der Waals surface area contributed by atoms with Crippen LogP contribution >= 0.6 is 0 Å². The summed E-state index contributed by atoms with van der Waals surface area (Å²) in [6, 6.07) is 11.8. The molecule has 1 heterocycles. The lowest BCUT2D eigenvalue weighted by Crippen LogP contribution is -2.43. The molecular weight excluding hydrogens is 349 g/mol. The Labute approximate surface area is 154 Å². The van der Waals surface area contributed by atoms with E-state index >= 15 is 0 Å². The Morgan fingerprint density at radius 3 is 2.44 bits per heavy atom. The van der Waals surface area contributed by atoms with Crippen molar-refractivity contribution in [2.45, 2.75) is 32.9 Å². The van der Waals surface area contributed by atoms with Crippen LogP contribution in [0.4, 0.5) is 10.1 Å². The molecule has 1 aromatic heterocycles. The minimum atomic E-state index is -0.526. The fourth-order valence-electron chi connectivity index (χ4n) is 2.94. The summed E-state index contributed by atoms with van der Waals surface area (Å²) in [5, 5.41) is 3.02. The van der Waals surface area contributed by atoms with E-state index in [1.54, 1.807) is 31.2 Å². The summed E-state index contributed by atoms with van der Waals surface area (Å²) in [5.74, 6) is -0.848. The molecule has 0 spiro atoms. The van der Waals surface area contributed by atoms with Crippen LogP contribution in [0.5, 0.6) is 0 Å². The predicted molar refractivity (Wildman–Crippen MR) is 102 cm³/mol. The number of amides is 1. The molecule has 140 valence electrons. The molecule has 3 rings (SSSR count). The Balaban J connectivity index is 2.05. The number of nitrogens with zero attached hydrogens (tertiary/aromatic N) is 2. The second-order valence-electron chi connectivity index (χ2n) is 6.37. The Bertz CT molecular complexity index is 1100. The number of para-hydroxylation sites is 1. The van der Waals surface area contributed by atoms with E-state index in [1.165, 1.54) is 33.4 Å². The fourth-order valence-corrected chi connectivity index (χ4v) is 2.94. The molecule has 1 amide bonds. The van der Waals surface area contributed by atoms with Gasteiger partial charge in [-0.15, -0.1) is 0 Å². The van der Waals surface area contributed by atoms with E-state index in [2.05, 4.69) is 5.32 Å². The summed E-state index contributed by atoms with van der Waals surface area (Å²) in [4.78, 5) is 38.1. The summed E-state index contributed by atoms with van der Waals surface area (Å²) in [7, 11) is 0. The van der Waals surface area contributed by atoms with Gasteiger partial charge in [0.2, 0.25) is 5.91 Å². The van der Waals surface area contributed by atoms with E-state index in [1.807, 2.05) is 6.92 Å². The molecule has 0 unspecified atom stereocenters. The molecule has 2 aromatic carbocycles.